The molecule has 37 heavy (non-hydrogen) atoms. The van der Waals surface area contributed by atoms with Gasteiger partial charge in [-0.05, 0) is 49.2 Å². The van der Waals surface area contributed by atoms with Gasteiger partial charge in [-0.25, -0.2) is 4.79 Å². The summed E-state index contributed by atoms with van der Waals surface area (Å²) in [6.45, 7) is 9.99. The van der Waals surface area contributed by atoms with Gasteiger partial charge in [0.05, 0.1) is 18.7 Å². The molecule has 1 aliphatic heterocycles. The van der Waals surface area contributed by atoms with E-state index in [0.717, 1.165) is 43.9 Å². The SMILES string of the molecule is CCN(CC)C(=O)c1ccc([C@H](c2cccc(NC(=O)OC)c2)N2CCN(Cc3cncs3)CC2)cc1. The molecule has 3 aromatic rings. The number of nitrogens with zero attached hydrogens (tertiary/aromatic N) is 4. The maximum absolute atomic E-state index is 12.9. The van der Waals surface area contributed by atoms with Crippen LogP contribution in [-0.4, -0.2) is 78.1 Å². The number of carbonyl (C=O) groups excluding carboxylic acids is 2. The fourth-order valence-corrected chi connectivity index (χ4v) is 5.43. The van der Waals surface area contributed by atoms with E-state index in [1.807, 2.05) is 60.8 Å². The van der Waals surface area contributed by atoms with Crippen molar-refractivity contribution < 1.29 is 14.3 Å². The van der Waals surface area contributed by atoms with E-state index in [4.69, 9.17) is 4.74 Å². The van der Waals surface area contributed by atoms with Crippen molar-refractivity contribution in [1.82, 2.24) is 19.7 Å². The summed E-state index contributed by atoms with van der Waals surface area (Å²) in [7, 11) is 1.36. The molecule has 9 heteroatoms. The Bertz CT molecular complexity index is 1160. The quantitative estimate of drug-likeness (QED) is 0.439. The summed E-state index contributed by atoms with van der Waals surface area (Å²) in [5.74, 6) is 0.0501. The Morgan fingerprint density at radius 1 is 1.05 bits per heavy atom. The lowest BCUT2D eigenvalue weighted by molar-refractivity contribution is 0.0772. The van der Waals surface area contributed by atoms with Crippen LogP contribution in [0.4, 0.5) is 10.5 Å². The number of carbonyl (C=O) groups is 2. The molecule has 1 atom stereocenters. The van der Waals surface area contributed by atoms with Crippen LogP contribution in [0.1, 0.15) is 46.3 Å². The van der Waals surface area contributed by atoms with Crippen molar-refractivity contribution in [2.24, 2.45) is 0 Å². The van der Waals surface area contributed by atoms with Gasteiger partial charge < -0.3 is 9.64 Å². The van der Waals surface area contributed by atoms with E-state index in [1.54, 1.807) is 11.3 Å². The zero-order chi connectivity index (χ0) is 26.2. The van der Waals surface area contributed by atoms with Gasteiger partial charge in [0.15, 0.2) is 0 Å². The van der Waals surface area contributed by atoms with Crippen molar-refractivity contribution in [3.8, 4) is 0 Å². The number of ether oxygens (including phenoxy) is 1. The molecule has 196 valence electrons. The number of piperazine rings is 1. The maximum atomic E-state index is 12.9. The lowest BCUT2D eigenvalue weighted by Gasteiger charge is -2.39. The Morgan fingerprint density at radius 2 is 1.78 bits per heavy atom. The van der Waals surface area contributed by atoms with Gasteiger partial charge in [-0.2, -0.15) is 0 Å². The van der Waals surface area contributed by atoms with Gasteiger partial charge >= 0.3 is 6.09 Å². The molecule has 1 fully saturated rings. The Kier molecular flexibility index (Phi) is 9.27. The second-order valence-electron chi connectivity index (χ2n) is 9.02. The minimum atomic E-state index is -0.496. The van der Waals surface area contributed by atoms with Crippen LogP contribution in [0.25, 0.3) is 0 Å². The van der Waals surface area contributed by atoms with Crippen LogP contribution >= 0.6 is 11.3 Å². The van der Waals surface area contributed by atoms with E-state index < -0.39 is 6.09 Å². The molecule has 2 heterocycles. The molecule has 8 nitrogen and oxygen atoms in total. The third-order valence-electron chi connectivity index (χ3n) is 6.79. The van der Waals surface area contributed by atoms with Gasteiger partial charge in [-0.1, -0.05) is 24.3 Å². The Morgan fingerprint density at radius 3 is 2.41 bits per heavy atom. The van der Waals surface area contributed by atoms with Gasteiger partial charge in [-0.15, -0.1) is 11.3 Å². The van der Waals surface area contributed by atoms with E-state index in [-0.39, 0.29) is 11.9 Å². The highest BCUT2D eigenvalue weighted by atomic mass is 32.1. The topological polar surface area (TPSA) is 78.0 Å². The maximum Gasteiger partial charge on any atom is 0.411 e. The Hall–Kier alpha value is -3.27. The van der Waals surface area contributed by atoms with Crippen LogP contribution in [0.15, 0.2) is 60.2 Å². The van der Waals surface area contributed by atoms with Gasteiger partial charge in [0, 0.05) is 68.1 Å². The summed E-state index contributed by atoms with van der Waals surface area (Å²) in [5.41, 5.74) is 5.45. The van der Waals surface area contributed by atoms with E-state index in [2.05, 4.69) is 38.3 Å². The van der Waals surface area contributed by atoms with Crippen molar-refractivity contribution in [3.63, 3.8) is 0 Å². The van der Waals surface area contributed by atoms with Crippen LogP contribution < -0.4 is 5.32 Å². The number of amides is 2. The molecule has 0 unspecified atom stereocenters. The number of hydrogen-bond donors (Lipinski definition) is 1. The van der Waals surface area contributed by atoms with Crippen LogP contribution in [0.5, 0.6) is 0 Å². The minimum Gasteiger partial charge on any atom is -0.453 e. The molecule has 0 spiro atoms. The number of thiazole rings is 1. The summed E-state index contributed by atoms with van der Waals surface area (Å²) in [6, 6.07) is 15.9. The molecule has 1 aliphatic rings. The highest BCUT2D eigenvalue weighted by Crippen LogP contribution is 2.32. The van der Waals surface area contributed by atoms with Crippen LogP contribution in [0.3, 0.4) is 0 Å². The first-order chi connectivity index (χ1) is 18.0. The summed E-state index contributed by atoms with van der Waals surface area (Å²) < 4.78 is 4.78. The predicted molar refractivity (Wildman–Crippen MR) is 147 cm³/mol. The molecule has 0 bridgehead atoms. The molecule has 0 radical (unpaired) electrons. The zero-order valence-corrected chi connectivity index (χ0v) is 22.5. The lowest BCUT2D eigenvalue weighted by atomic mass is 9.95. The zero-order valence-electron chi connectivity index (χ0n) is 21.7. The molecule has 0 saturated carbocycles. The number of anilines is 1. The smallest absolute Gasteiger partial charge is 0.411 e. The number of hydrogen-bond acceptors (Lipinski definition) is 7. The molecular weight excluding hydrogens is 486 g/mol. The third kappa shape index (κ3) is 6.74. The van der Waals surface area contributed by atoms with Gasteiger partial charge in [-0.3, -0.25) is 24.9 Å². The highest BCUT2D eigenvalue weighted by Gasteiger charge is 2.27. The van der Waals surface area contributed by atoms with Crippen molar-refractivity contribution in [3.05, 3.63) is 81.8 Å². The number of rotatable bonds is 9. The van der Waals surface area contributed by atoms with Gasteiger partial charge in [0.1, 0.15) is 0 Å². The second kappa shape index (κ2) is 12.8. The molecule has 4 rings (SSSR count). The van der Waals surface area contributed by atoms with E-state index >= 15 is 0 Å². The van der Waals surface area contributed by atoms with Crippen molar-refractivity contribution in [2.45, 2.75) is 26.4 Å². The molecular formula is C28H35N5O3S. The van der Waals surface area contributed by atoms with Crippen LogP contribution in [0, 0.1) is 0 Å². The Labute approximate surface area is 222 Å². The largest absolute Gasteiger partial charge is 0.453 e. The molecule has 1 aromatic heterocycles. The van der Waals surface area contributed by atoms with E-state index in [1.165, 1.54) is 12.0 Å². The molecule has 2 amide bonds. The first-order valence-electron chi connectivity index (χ1n) is 12.7. The van der Waals surface area contributed by atoms with E-state index in [0.29, 0.717) is 24.3 Å². The molecule has 0 aliphatic carbocycles. The van der Waals surface area contributed by atoms with Gasteiger partial charge in [0.2, 0.25) is 0 Å². The van der Waals surface area contributed by atoms with Gasteiger partial charge in [0.25, 0.3) is 5.91 Å². The summed E-state index contributed by atoms with van der Waals surface area (Å²) in [5, 5.41) is 2.78. The molecule has 1 saturated heterocycles. The standard InChI is InChI=1S/C28H35N5O3S/c1-4-32(5-2)27(34)22-11-9-21(10-12-22)26(23-7-6-8-24(17-23)30-28(35)36-3)33-15-13-31(14-16-33)19-25-18-29-20-37-25/h6-12,17-18,20,26H,4-5,13-16,19H2,1-3H3,(H,30,35)/t26-/m1/s1. The van der Waals surface area contributed by atoms with E-state index in [9.17, 15) is 9.59 Å². The monoisotopic (exact) mass is 521 g/mol. The van der Waals surface area contributed by atoms with Crippen LogP contribution in [0.2, 0.25) is 0 Å². The molecule has 1 N–H and O–H groups in total. The van der Waals surface area contributed by atoms with Crippen LogP contribution in [-0.2, 0) is 11.3 Å². The summed E-state index contributed by atoms with van der Waals surface area (Å²) >= 11 is 1.69. The average Bonchev–Trinajstić information content (AvgIpc) is 3.44. The number of aromatic nitrogens is 1. The first-order valence-corrected chi connectivity index (χ1v) is 13.6. The first kappa shape index (κ1) is 26.8. The number of methoxy groups -OCH3 is 1. The minimum absolute atomic E-state index is 0.0115. The average molecular weight is 522 g/mol. The lowest BCUT2D eigenvalue weighted by Crippen LogP contribution is -2.47. The fourth-order valence-electron chi connectivity index (χ4n) is 4.79. The highest BCUT2D eigenvalue weighted by molar-refractivity contribution is 7.09. The normalized spacial score (nSPS) is 15.2. The third-order valence-corrected chi connectivity index (χ3v) is 7.56. The summed E-state index contributed by atoms with van der Waals surface area (Å²) in [6.07, 6.45) is 1.45. The summed E-state index contributed by atoms with van der Waals surface area (Å²) in [4.78, 5) is 36.9. The Balaban J connectivity index is 1.58. The second-order valence-corrected chi connectivity index (χ2v) is 9.99. The van der Waals surface area contributed by atoms with Crippen molar-refractivity contribution in [1.29, 1.82) is 0 Å². The number of nitrogens with one attached hydrogen (secondary N) is 1. The fraction of sp³-hybridized carbons (Fsp3) is 0.393. The van der Waals surface area contributed by atoms with Crippen molar-refractivity contribution >= 4 is 29.0 Å². The number of benzene rings is 2. The van der Waals surface area contributed by atoms with Crippen molar-refractivity contribution in [2.75, 3.05) is 51.7 Å². The molecule has 2 aromatic carbocycles. The predicted octanol–water partition coefficient (Wildman–Crippen LogP) is 4.71.